The zero-order valence-corrected chi connectivity index (χ0v) is 13.7. The molecule has 2 atom stereocenters. The van der Waals surface area contributed by atoms with Gasteiger partial charge in [-0.1, -0.05) is 26.0 Å². The van der Waals surface area contributed by atoms with Crippen LogP contribution in [0.2, 0.25) is 0 Å². The molecule has 2 rings (SSSR count). The van der Waals surface area contributed by atoms with E-state index in [0.29, 0.717) is 32.5 Å². The lowest BCUT2D eigenvalue weighted by Gasteiger charge is -2.31. The maximum Gasteiger partial charge on any atom is 0.310 e. The fraction of sp³-hybridized carbons (Fsp3) is 0.556. The maximum atomic E-state index is 13.5. The Morgan fingerprint density at radius 1 is 1.39 bits per heavy atom. The molecular formula is C18H24FNO3. The summed E-state index contributed by atoms with van der Waals surface area (Å²) >= 11 is 0. The molecule has 126 valence electrons. The summed E-state index contributed by atoms with van der Waals surface area (Å²) in [5.74, 6) is -1.41. The largest absolute Gasteiger partial charge is 0.481 e. The van der Waals surface area contributed by atoms with E-state index in [9.17, 15) is 19.1 Å². The number of aldehydes is 1. The van der Waals surface area contributed by atoms with Gasteiger partial charge in [0.1, 0.15) is 12.1 Å². The minimum absolute atomic E-state index is 0.0802. The predicted octanol–water partition coefficient (Wildman–Crippen LogP) is 2.93. The standard InChI is InChI=1S/C18H24FNO3/c1-3-18(4-2,17(22)23)12-20-9-14(11-21)16(10-20)13-6-5-7-15(19)8-13/h5-8,11,14,16H,3-4,9-10,12H2,1-2H3,(H,22,23)/t14-,16-/m1/s1. The van der Waals surface area contributed by atoms with E-state index in [1.165, 1.54) is 12.1 Å². The fourth-order valence-corrected chi connectivity index (χ4v) is 3.54. The van der Waals surface area contributed by atoms with Crippen LogP contribution in [-0.4, -0.2) is 41.9 Å². The molecule has 0 spiro atoms. The Hall–Kier alpha value is -1.75. The summed E-state index contributed by atoms with van der Waals surface area (Å²) in [7, 11) is 0. The molecule has 0 unspecified atom stereocenters. The summed E-state index contributed by atoms with van der Waals surface area (Å²) < 4.78 is 13.5. The summed E-state index contributed by atoms with van der Waals surface area (Å²) in [6, 6.07) is 6.33. The molecule has 0 radical (unpaired) electrons. The number of hydrogen-bond acceptors (Lipinski definition) is 3. The van der Waals surface area contributed by atoms with Crippen molar-refractivity contribution in [3.05, 3.63) is 35.6 Å². The number of hydrogen-bond donors (Lipinski definition) is 1. The van der Waals surface area contributed by atoms with E-state index < -0.39 is 11.4 Å². The van der Waals surface area contributed by atoms with Gasteiger partial charge in [0.15, 0.2) is 0 Å². The minimum atomic E-state index is -0.792. The second kappa shape index (κ2) is 7.21. The number of carboxylic acid groups (broad SMARTS) is 1. The SMILES string of the molecule is CCC(CC)(CN1C[C@H](c2cccc(F)c2)[C@@H](C=O)C1)C(=O)O. The monoisotopic (exact) mass is 321 g/mol. The molecule has 0 amide bonds. The van der Waals surface area contributed by atoms with Crippen LogP contribution in [-0.2, 0) is 9.59 Å². The van der Waals surface area contributed by atoms with Crippen LogP contribution < -0.4 is 0 Å². The van der Waals surface area contributed by atoms with Crippen molar-refractivity contribution in [2.75, 3.05) is 19.6 Å². The lowest BCUT2D eigenvalue weighted by molar-refractivity contribution is -0.150. The van der Waals surface area contributed by atoms with Crippen LogP contribution in [0.3, 0.4) is 0 Å². The van der Waals surface area contributed by atoms with Crippen molar-refractivity contribution < 1.29 is 19.1 Å². The quantitative estimate of drug-likeness (QED) is 0.785. The molecule has 1 aromatic carbocycles. The molecule has 0 aromatic heterocycles. The van der Waals surface area contributed by atoms with Crippen LogP contribution in [0, 0.1) is 17.2 Å². The van der Waals surface area contributed by atoms with Crippen molar-refractivity contribution in [1.82, 2.24) is 4.90 Å². The summed E-state index contributed by atoms with van der Waals surface area (Å²) in [4.78, 5) is 25.1. The highest BCUT2D eigenvalue weighted by Gasteiger charge is 2.41. The highest BCUT2D eigenvalue weighted by Crippen LogP contribution is 2.36. The average molecular weight is 321 g/mol. The Labute approximate surface area is 136 Å². The van der Waals surface area contributed by atoms with E-state index in [1.54, 1.807) is 6.07 Å². The first-order valence-corrected chi connectivity index (χ1v) is 8.12. The van der Waals surface area contributed by atoms with E-state index >= 15 is 0 Å². The number of carbonyl (C=O) groups is 2. The van der Waals surface area contributed by atoms with E-state index in [2.05, 4.69) is 0 Å². The van der Waals surface area contributed by atoms with Gasteiger partial charge in [-0.15, -0.1) is 0 Å². The Balaban J connectivity index is 2.18. The van der Waals surface area contributed by atoms with Crippen LogP contribution in [0.5, 0.6) is 0 Å². The third kappa shape index (κ3) is 3.61. The molecule has 1 aliphatic heterocycles. The summed E-state index contributed by atoms with van der Waals surface area (Å²) in [6.07, 6.45) is 2.01. The van der Waals surface area contributed by atoms with Crippen LogP contribution in [0.4, 0.5) is 4.39 Å². The van der Waals surface area contributed by atoms with E-state index in [0.717, 1.165) is 11.8 Å². The predicted molar refractivity (Wildman–Crippen MR) is 85.8 cm³/mol. The molecule has 0 aliphatic carbocycles. The molecule has 1 fully saturated rings. The zero-order chi connectivity index (χ0) is 17.0. The smallest absolute Gasteiger partial charge is 0.310 e. The highest BCUT2D eigenvalue weighted by atomic mass is 19.1. The number of aliphatic carboxylic acids is 1. The van der Waals surface area contributed by atoms with Crippen molar-refractivity contribution in [3.63, 3.8) is 0 Å². The highest BCUT2D eigenvalue weighted by molar-refractivity contribution is 5.74. The first-order chi connectivity index (χ1) is 11.0. The number of likely N-dealkylation sites (tertiary alicyclic amines) is 1. The molecule has 23 heavy (non-hydrogen) atoms. The molecule has 1 saturated heterocycles. The summed E-state index contributed by atoms with van der Waals surface area (Å²) in [6.45, 7) is 5.30. The minimum Gasteiger partial charge on any atom is -0.481 e. The van der Waals surface area contributed by atoms with Gasteiger partial charge in [-0.3, -0.25) is 4.79 Å². The zero-order valence-electron chi connectivity index (χ0n) is 13.7. The van der Waals surface area contributed by atoms with Crippen molar-refractivity contribution in [2.24, 2.45) is 11.3 Å². The van der Waals surface area contributed by atoms with Crippen LogP contribution >= 0.6 is 0 Å². The van der Waals surface area contributed by atoms with Gasteiger partial charge in [0.05, 0.1) is 5.41 Å². The van der Waals surface area contributed by atoms with Crippen LogP contribution in [0.15, 0.2) is 24.3 Å². The Morgan fingerprint density at radius 3 is 2.61 bits per heavy atom. The first-order valence-electron chi connectivity index (χ1n) is 8.12. The van der Waals surface area contributed by atoms with Gasteiger partial charge in [-0.05, 0) is 30.5 Å². The van der Waals surface area contributed by atoms with Gasteiger partial charge < -0.3 is 14.8 Å². The van der Waals surface area contributed by atoms with Gasteiger partial charge in [0.2, 0.25) is 0 Å². The summed E-state index contributed by atoms with van der Waals surface area (Å²) in [5.41, 5.74) is 0.0167. The number of carboxylic acids is 1. The second-order valence-corrected chi connectivity index (χ2v) is 6.45. The Morgan fingerprint density at radius 2 is 2.09 bits per heavy atom. The van der Waals surface area contributed by atoms with Crippen molar-refractivity contribution in [2.45, 2.75) is 32.6 Å². The number of benzene rings is 1. The van der Waals surface area contributed by atoms with Crippen LogP contribution in [0.25, 0.3) is 0 Å². The Bertz CT molecular complexity index is 571. The number of nitrogens with zero attached hydrogens (tertiary/aromatic N) is 1. The normalized spacial score (nSPS) is 22.2. The Kier molecular flexibility index (Phi) is 5.52. The molecule has 5 heteroatoms. The van der Waals surface area contributed by atoms with Crippen molar-refractivity contribution in [3.8, 4) is 0 Å². The van der Waals surface area contributed by atoms with Crippen molar-refractivity contribution in [1.29, 1.82) is 0 Å². The third-order valence-electron chi connectivity index (χ3n) is 5.23. The van der Waals surface area contributed by atoms with Gasteiger partial charge >= 0.3 is 5.97 Å². The molecule has 4 nitrogen and oxygen atoms in total. The molecule has 1 heterocycles. The van der Waals surface area contributed by atoms with Crippen molar-refractivity contribution >= 4 is 12.3 Å². The molecule has 0 saturated carbocycles. The van der Waals surface area contributed by atoms with E-state index in [4.69, 9.17) is 0 Å². The van der Waals surface area contributed by atoms with Gasteiger partial charge in [-0.25, -0.2) is 4.39 Å². The van der Waals surface area contributed by atoms with E-state index in [-0.39, 0.29) is 17.7 Å². The first kappa shape index (κ1) is 17.6. The second-order valence-electron chi connectivity index (χ2n) is 6.45. The van der Waals surface area contributed by atoms with E-state index in [1.807, 2.05) is 24.8 Å². The number of rotatable bonds is 7. The molecular weight excluding hydrogens is 297 g/mol. The maximum absolute atomic E-state index is 13.5. The average Bonchev–Trinajstić information content (AvgIpc) is 2.95. The molecule has 1 aromatic rings. The topological polar surface area (TPSA) is 57.6 Å². The molecule has 1 N–H and O–H groups in total. The number of halogens is 1. The van der Waals surface area contributed by atoms with Crippen LogP contribution in [0.1, 0.15) is 38.2 Å². The van der Waals surface area contributed by atoms with Gasteiger partial charge in [0.25, 0.3) is 0 Å². The molecule has 1 aliphatic rings. The lowest BCUT2D eigenvalue weighted by Crippen LogP contribution is -2.42. The van der Waals surface area contributed by atoms with Gasteiger partial charge in [-0.2, -0.15) is 0 Å². The number of carbonyl (C=O) groups excluding carboxylic acids is 1. The lowest BCUT2D eigenvalue weighted by atomic mass is 9.82. The molecule has 0 bridgehead atoms. The fourth-order valence-electron chi connectivity index (χ4n) is 3.54. The van der Waals surface area contributed by atoms with Gasteiger partial charge in [0, 0.05) is 31.5 Å². The summed E-state index contributed by atoms with van der Waals surface area (Å²) in [5, 5.41) is 9.58. The third-order valence-corrected chi connectivity index (χ3v) is 5.23.